The van der Waals surface area contributed by atoms with Gasteiger partial charge in [0, 0.05) is 12.6 Å². The lowest BCUT2D eigenvalue weighted by Gasteiger charge is -2.20. The van der Waals surface area contributed by atoms with Crippen molar-refractivity contribution in [3.63, 3.8) is 0 Å². The van der Waals surface area contributed by atoms with E-state index in [4.69, 9.17) is 4.74 Å². The zero-order valence-electron chi connectivity index (χ0n) is 11.8. The largest absolute Gasteiger partial charge is 0.486 e. The van der Waals surface area contributed by atoms with Crippen molar-refractivity contribution in [3.8, 4) is 5.75 Å². The van der Waals surface area contributed by atoms with Gasteiger partial charge in [-0.3, -0.25) is 0 Å². The monoisotopic (exact) mass is 253 g/mol. The smallest absolute Gasteiger partial charge is 0.167 e. The Morgan fingerprint density at radius 1 is 1.28 bits per heavy atom. The Kier molecular flexibility index (Phi) is 6.13. The molecule has 0 saturated carbocycles. The van der Waals surface area contributed by atoms with Crippen LogP contribution in [0.2, 0.25) is 0 Å². The van der Waals surface area contributed by atoms with Crippen molar-refractivity contribution < 1.29 is 9.13 Å². The van der Waals surface area contributed by atoms with Gasteiger partial charge in [0.05, 0.1) is 0 Å². The molecule has 0 spiro atoms. The van der Waals surface area contributed by atoms with E-state index in [0.717, 1.165) is 19.4 Å². The molecule has 0 bridgehead atoms. The summed E-state index contributed by atoms with van der Waals surface area (Å²) in [5, 5.41) is 3.43. The fraction of sp³-hybridized carbons (Fsp3) is 0.600. The van der Waals surface area contributed by atoms with Crippen LogP contribution in [0.15, 0.2) is 18.2 Å². The highest BCUT2D eigenvalue weighted by Crippen LogP contribution is 2.20. The van der Waals surface area contributed by atoms with Gasteiger partial charge in [0.15, 0.2) is 11.6 Å². The van der Waals surface area contributed by atoms with Gasteiger partial charge in [0.2, 0.25) is 0 Å². The van der Waals surface area contributed by atoms with E-state index >= 15 is 0 Å². The van der Waals surface area contributed by atoms with Gasteiger partial charge in [-0.05, 0) is 38.3 Å². The van der Waals surface area contributed by atoms with E-state index in [1.165, 1.54) is 0 Å². The Morgan fingerprint density at radius 3 is 2.56 bits per heavy atom. The molecule has 1 aromatic carbocycles. The number of ether oxygens (including phenoxy) is 1. The minimum atomic E-state index is -0.258. The van der Waals surface area contributed by atoms with Crippen molar-refractivity contribution in [2.45, 2.75) is 52.7 Å². The van der Waals surface area contributed by atoms with Gasteiger partial charge in [-0.25, -0.2) is 4.39 Å². The van der Waals surface area contributed by atoms with Crippen molar-refractivity contribution in [2.24, 2.45) is 0 Å². The summed E-state index contributed by atoms with van der Waals surface area (Å²) in [5.74, 6) is 0.0840. The second kappa shape index (κ2) is 7.37. The molecule has 1 rings (SSSR count). The molecule has 0 aliphatic rings. The van der Waals surface area contributed by atoms with E-state index < -0.39 is 0 Å². The standard InChI is InChI=1S/C15H24FNO/c1-5-13(6-2)17-10-12(4)18-14-9-7-8-11(3)15(14)16/h7-9,12-13,17H,5-6,10H2,1-4H3. The Morgan fingerprint density at radius 2 is 1.94 bits per heavy atom. The molecule has 102 valence electrons. The molecule has 0 amide bonds. The molecule has 0 aliphatic carbocycles. The maximum Gasteiger partial charge on any atom is 0.167 e. The molecule has 2 nitrogen and oxygen atoms in total. The Hall–Kier alpha value is -1.09. The Balaban J connectivity index is 2.49. The average Bonchev–Trinajstić information content (AvgIpc) is 2.36. The minimum Gasteiger partial charge on any atom is -0.486 e. The maximum atomic E-state index is 13.7. The molecule has 1 aromatic rings. The molecule has 0 radical (unpaired) electrons. The highest BCUT2D eigenvalue weighted by atomic mass is 19.1. The molecule has 1 N–H and O–H groups in total. The number of aryl methyl sites for hydroxylation is 1. The fourth-order valence-corrected chi connectivity index (χ4v) is 1.88. The lowest BCUT2D eigenvalue weighted by atomic mass is 10.1. The highest BCUT2D eigenvalue weighted by Gasteiger charge is 2.11. The van der Waals surface area contributed by atoms with Crippen molar-refractivity contribution in [2.75, 3.05) is 6.54 Å². The molecule has 18 heavy (non-hydrogen) atoms. The first-order chi connectivity index (χ1) is 8.58. The van der Waals surface area contributed by atoms with Crippen LogP contribution in [0.25, 0.3) is 0 Å². The second-order valence-electron chi connectivity index (χ2n) is 4.74. The van der Waals surface area contributed by atoms with Gasteiger partial charge in [-0.2, -0.15) is 0 Å². The van der Waals surface area contributed by atoms with Gasteiger partial charge in [-0.1, -0.05) is 26.0 Å². The SMILES string of the molecule is CCC(CC)NCC(C)Oc1cccc(C)c1F. The summed E-state index contributed by atoms with van der Waals surface area (Å²) in [6, 6.07) is 5.75. The summed E-state index contributed by atoms with van der Waals surface area (Å²) >= 11 is 0. The van der Waals surface area contributed by atoms with Crippen LogP contribution in [0.1, 0.15) is 39.2 Å². The molecule has 3 heteroatoms. The van der Waals surface area contributed by atoms with Crippen molar-refractivity contribution in [3.05, 3.63) is 29.6 Å². The van der Waals surface area contributed by atoms with Crippen molar-refractivity contribution in [1.29, 1.82) is 0 Å². The van der Waals surface area contributed by atoms with Gasteiger partial charge >= 0.3 is 0 Å². The van der Waals surface area contributed by atoms with E-state index in [9.17, 15) is 4.39 Å². The van der Waals surface area contributed by atoms with Crippen LogP contribution in [-0.4, -0.2) is 18.7 Å². The fourth-order valence-electron chi connectivity index (χ4n) is 1.88. The molecule has 1 unspecified atom stereocenters. The van der Waals surface area contributed by atoms with Crippen molar-refractivity contribution in [1.82, 2.24) is 5.32 Å². The van der Waals surface area contributed by atoms with Gasteiger partial charge in [-0.15, -0.1) is 0 Å². The van der Waals surface area contributed by atoms with E-state index in [1.807, 2.05) is 13.0 Å². The third-order valence-electron chi connectivity index (χ3n) is 3.16. The predicted molar refractivity (Wildman–Crippen MR) is 73.6 cm³/mol. The summed E-state index contributed by atoms with van der Waals surface area (Å²) in [7, 11) is 0. The van der Waals surface area contributed by atoms with Gasteiger partial charge < -0.3 is 10.1 Å². The Labute approximate surface area is 110 Å². The molecule has 0 aliphatic heterocycles. The Bertz CT molecular complexity index is 364. The van der Waals surface area contributed by atoms with E-state index in [0.29, 0.717) is 17.4 Å². The molecule has 1 atom stereocenters. The van der Waals surface area contributed by atoms with Crippen LogP contribution >= 0.6 is 0 Å². The molecule has 0 fully saturated rings. The first-order valence-electron chi connectivity index (χ1n) is 6.73. The first kappa shape index (κ1) is 15.0. The third kappa shape index (κ3) is 4.30. The second-order valence-corrected chi connectivity index (χ2v) is 4.74. The van der Waals surface area contributed by atoms with Crippen LogP contribution in [0.5, 0.6) is 5.75 Å². The average molecular weight is 253 g/mol. The summed E-state index contributed by atoms with van der Waals surface area (Å²) in [4.78, 5) is 0. The van der Waals surface area contributed by atoms with Crippen LogP contribution in [0.3, 0.4) is 0 Å². The number of benzene rings is 1. The number of nitrogens with one attached hydrogen (secondary N) is 1. The van der Waals surface area contributed by atoms with Crippen LogP contribution < -0.4 is 10.1 Å². The van der Waals surface area contributed by atoms with Gasteiger partial charge in [0.25, 0.3) is 0 Å². The van der Waals surface area contributed by atoms with E-state index in [1.54, 1.807) is 19.1 Å². The van der Waals surface area contributed by atoms with Gasteiger partial charge in [0.1, 0.15) is 6.10 Å². The molecule has 0 saturated heterocycles. The minimum absolute atomic E-state index is 0.0399. The normalized spacial score (nSPS) is 12.8. The molecule has 0 aromatic heterocycles. The van der Waals surface area contributed by atoms with Crippen LogP contribution in [0.4, 0.5) is 4.39 Å². The predicted octanol–water partition coefficient (Wildman–Crippen LogP) is 3.68. The molecular weight excluding hydrogens is 229 g/mol. The van der Waals surface area contributed by atoms with E-state index in [2.05, 4.69) is 19.2 Å². The lowest BCUT2D eigenvalue weighted by molar-refractivity contribution is 0.201. The number of rotatable bonds is 7. The zero-order chi connectivity index (χ0) is 13.5. The molecule has 0 heterocycles. The summed E-state index contributed by atoms with van der Waals surface area (Å²) in [5.41, 5.74) is 0.618. The maximum absolute atomic E-state index is 13.7. The number of hydrogen-bond acceptors (Lipinski definition) is 2. The quantitative estimate of drug-likeness (QED) is 0.800. The van der Waals surface area contributed by atoms with Crippen molar-refractivity contribution >= 4 is 0 Å². The number of halogens is 1. The first-order valence-corrected chi connectivity index (χ1v) is 6.73. The topological polar surface area (TPSA) is 21.3 Å². The summed E-state index contributed by atoms with van der Waals surface area (Å²) in [6.07, 6.45) is 2.16. The summed E-state index contributed by atoms with van der Waals surface area (Å²) in [6.45, 7) is 8.76. The van der Waals surface area contributed by atoms with Crippen LogP contribution in [0, 0.1) is 12.7 Å². The highest BCUT2D eigenvalue weighted by molar-refractivity contribution is 5.30. The van der Waals surface area contributed by atoms with E-state index in [-0.39, 0.29) is 11.9 Å². The summed E-state index contributed by atoms with van der Waals surface area (Å²) < 4.78 is 19.4. The molecular formula is C15H24FNO. The lowest BCUT2D eigenvalue weighted by Crippen LogP contribution is -2.36. The zero-order valence-corrected chi connectivity index (χ0v) is 11.8. The number of hydrogen-bond donors (Lipinski definition) is 1. The van der Waals surface area contributed by atoms with Crippen LogP contribution in [-0.2, 0) is 0 Å². The third-order valence-corrected chi connectivity index (χ3v) is 3.16.